The van der Waals surface area contributed by atoms with Crippen LogP contribution in [0.15, 0.2) is 36.4 Å². The van der Waals surface area contributed by atoms with Crippen molar-refractivity contribution in [3.8, 4) is 16.3 Å². The zero-order valence-corrected chi connectivity index (χ0v) is 17.4. The maximum absolute atomic E-state index is 12.2. The molecule has 0 fully saturated rings. The van der Waals surface area contributed by atoms with Crippen LogP contribution >= 0.6 is 11.3 Å². The molecule has 1 aromatic heterocycles. The summed E-state index contributed by atoms with van der Waals surface area (Å²) < 4.78 is 7.36. The number of nitrogens with one attached hydrogen (secondary N) is 2. The number of carbonyl (C=O) groups is 2. The largest absolute Gasteiger partial charge is 0.487 e. The van der Waals surface area contributed by atoms with Gasteiger partial charge >= 0.3 is 0 Å². The second-order valence-electron chi connectivity index (χ2n) is 7.40. The van der Waals surface area contributed by atoms with Gasteiger partial charge in [0.2, 0.25) is 11.8 Å². The van der Waals surface area contributed by atoms with Crippen LogP contribution in [0.2, 0.25) is 0 Å². The standard InChI is InChI=1S/C22H23N3O3S/c1-12-8-15-10-16(11-23-21(27)13(2)24-14(3)26)28-20(15)17(9-12)22-25-18-6-4-5-7-19(18)29-22/h4-9,13,16H,10-11H2,1-3H3,(H,23,27)(H,24,26)/t13-,16+/m0/s1. The molecule has 2 heterocycles. The van der Waals surface area contributed by atoms with Crippen molar-refractivity contribution in [3.05, 3.63) is 47.5 Å². The van der Waals surface area contributed by atoms with Crippen LogP contribution < -0.4 is 15.4 Å². The highest BCUT2D eigenvalue weighted by Gasteiger charge is 2.28. The smallest absolute Gasteiger partial charge is 0.242 e. The number of hydrogen-bond acceptors (Lipinski definition) is 5. The van der Waals surface area contributed by atoms with Crippen LogP contribution in [0, 0.1) is 6.92 Å². The summed E-state index contributed by atoms with van der Waals surface area (Å²) in [6.07, 6.45) is 0.581. The lowest BCUT2D eigenvalue weighted by Gasteiger charge is -2.16. The normalized spacial score (nSPS) is 16.2. The van der Waals surface area contributed by atoms with Crippen LogP contribution in [-0.4, -0.2) is 35.5 Å². The molecule has 29 heavy (non-hydrogen) atoms. The van der Waals surface area contributed by atoms with Gasteiger partial charge in [0.15, 0.2) is 0 Å². The summed E-state index contributed by atoms with van der Waals surface area (Å²) in [6.45, 7) is 5.51. The Kier molecular flexibility index (Phi) is 5.24. The fourth-order valence-corrected chi connectivity index (χ4v) is 4.57. The Morgan fingerprint density at radius 2 is 2.10 bits per heavy atom. The van der Waals surface area contributed by atoms with Crippen molar-refractivity contribution in [1.29, 1.82) is 0 Å². The third kappa shape index (κ3) is 4.10. The summed E-state index contributed by atoms with van der Waals surface area (Å²) in [7, 11) is 0. The summed E-state index contributed by atoms with van der Waals surface area (Å²) in [5, 5.41) is 6.40. The first-order valence-electron chi connectivity index (χ1n) is 9.61. The first-order chi connectivity index (χ1) is 13.9. The molecule has 7 heteroatoms. The Balaban J connectivity index is 1.52. The fourth-order valence-electron chi connectivity index (χ4n) is 3.59. The maximum Gasteiger partial charge on any atom is 0.242 e. The average Bonchev–Trinajstić information content (AvgIpc) is 3.28. The van der Waals surface area contributed by atoms with Gasteiger partial charge in [0.1, 0.15) is 22.9 Å². The molecule has 2 N–H and O–H groups in total. The van der Waals surface area contributed by atoms with Crippen LogP contribution in [0.5, 0.6) is 5.75 Å². The minimum Gasteiger partial charge on any atom is -0.487 e. The van der Waals surface area contributed by atoms with Gasteiger partial charge in [-0.05, 0) is 43.2 Å². The van der Waals surface area contributed by atoms with E-state index in [0.29, 0.717) is 6.54 Å². The average molecular weight is 410 g/mol. The number of hydrogen-bond donors (Lipinski definition) is 2. The van der Waals surface area contributed by atoms with Crippen molar-refractivity contribution in [2.24, 2.45) is 0 Å². The number of carbonyl (C=O) groups excluding carboxylic acids is 2. The topological polar surface area (TPSA) is 80.3 Å². The molecule has 0 saturated heterocycles. The molecular weight excluding hydrogens is 386 g/mol. The van der Waals surface area contributed by atoms with E-state index in [0.717, 1.165) is 44.1 Å². The number of amides is 2. The van der Waals surface area contributed by atoms with E-state index >= 15 is 0 Å². The molecule has 6 nitrogen and oxygen atoms in total. The lowest BCUT2D eigenvalue weighted by atomic mass is 10.0. The Bertz CT molecular complexity index is 1060. The van der Waals surface area contributed by atoms with E-state index in [9.17, 15) is 9.59 Å². The lowest BCUT2D eigenvalue weighted by molar-refractivity contribution is -0.127. The van der Waals surface area contributed by atoms with Crippen molar-refractivity contribution in [3.63, 3.8) is 0 Å². The Morgan fingerprint density at radius 1 is 1.31 bits per heavy atom. The zero-order valence-electron chi connectivity index (χ0n) is 16.6. The molecule has 0 unspecified atom stereocenters. The summed E-state index contributed by atoms with van der Waals surface area (Å²) in [5.41, 5.74) is 4.28. The molecule has 1 aliphatic rings. The lowest BCUT2D eigenvalue weighted by Crippen LogP contribution is -2.46. The van der Waals surface area contributed by atoms with E-state index in [1.54, 1.807) is 18.3 Å². The van der Waals surface area contributed by atoms with Crippen molar-refractivity contribution < 1.29 is 14.3 Å². The molecule has 4 rings (SSSR count). The number of aromatic nitrogens is 1. The van der Waals surface area contributed by atoms with E-state index in [4.69, 9.17) is 9.72 Å². The molecule has 0 radical (unpaired) electrons. The number of rotatable bonds is 5. The number of thiazole rings is 1. The number of benzene rings is 2. The van der Waals surface area contributed by atoms with Gasteiger partial charge in [-0.2, -0.15) is 0 Å². The minimum absolute atomic E-state index is 0.145. The molecule has 3 aromatic rings. The Labute approximate surface area is 173 Å². The number of para-hydroxylation sites is 1. The van der Waals surface area contributed by atoms with Crippen LogP contribution in [0.1, 0.15) is 25.0 Å². The molecule has 0 spiro atoms. The highest BCUT2D eigenvalue weighted by atomic mass is 32.1. The molecular formula is C22H23N3O3S. The van der Waals surface area contributed by atoms with Gasteiger partial charge < -0.3 is 15.4 Å². The molecule has 2 amide bonds. The molecule has 2 atom stereocenters. The van der Waals surface area contributed by atoms with E-state index in [1.807, 2.05) is 18.2 Å². The van der Waals surface area contributed by atoms with E-state index < -0.39 is 6.04 Å². The third-order valence-electron chi connectivity index (χ3n) is 4.88. The summed E-state index contributed by atoms with van der Waals surface area (Å²) in [4.78, 5) is 28.1. The van der Waals surface area contributed by atoms with E-state index in [1.165, 1.54) is 6.92 Å². The van der Waals surface area contributed by atoms with Crippen molar-refractivity contribution in [2.75, 3.05) is 6.54 Å². The van der Waals surface area contributed by atoms with Gasteiger partial charge in [-0.15, -0.1) is 11.3 Å². The highest BCUT2D eigenvalue weighted by Crippen LogP contribution is 2.42. The molecule has 1 aliphatic heterocycles. The van der Waals surface area contributed by atoms with Crippen molar-refractivity contribution in [2.45, 2.75) is 39.3 Å². The van der Waals surface area contributed by atoms with Crippen LogP contribution in [0.4, 0.5) is 0 Å². The van der Waals surface area contributed by atoms with E-state index in [2.05, 4.69) is 35.8 Å². The van der Waals surface area contributed by atoms with Crippen molar-refractivity contribution >= 4 is 33.4 Å². The SMILES string of the molecule is CC(=O)N[C@@H](C)C(=O)NC[C@H]1Cc2cc(C)cc(-c3nc4ccccc4s3)c2O1. The first kappa shape index (κ1) is 19.4. The maximum atomic E-state index is 12.2. The second-order valence-corrected chi connectivity index (χ2v) is 8.43. The van der Waals surface area contributed by atoms with Gasteiger partial charge in [-0.25, -0.2) is 4.98 Å². The predicted octanol–water partition coefficient (Wildman–Crippen LogP) is 3.22. The number of fused-ring (bicyclic) bond motifs is 2. The summed E-state index contributed by atoms with van der Waals surface area (Å²) in [6, 6.07) is 11.8. The first-order valence-corrected chi connectivity index (χ1v) is 10.4. The van der Waals surface area contributed by atoms with Crippen LogP contribution in [-0.2, 0) is 16.0 Å². The monoisotopic (exact) mass is 409 g/mol. The molecule has 2 aromatic carbocycles. The Hall–Kier alpha value is -2.93. The number of ether oxygens (including phenoxy) is 1. The quantitative estimate of drug-likeness (QED) is 0.678. The fraction of sp³-hybridized carbons (Fsp3) is 0.318. The molecule has 0 bridgehead atoms. The minimum atomic E-state index is -0.572. The number of aryl methyl sites for hydroxylation is 1. The summed E-state index contributed by atoms with van der Waals surface area (Å²) >= 11 is 1.65. The third-order valence-corrected chi connectivity index (χ3v) is 5.95. The van der Waals surface area contributed by atoms with Gasteiger partial charge in [-0.3, -0.25) is 9.59 Å². The zero-order chi connectivity index (χ0) is 20.5. The molecule has 0 saturated carbocycles. The predicted molar refractivity (Wildman–Crippen MR) is 114 cm³/mol. The van der Waals surface area contributed by atoms with Crippen LogP contribution in [0.3, 0.4) is 0 Å². The van der Waals surface area contributed by atoms with Gasteiger partial charge in [0.25, 0.3) is 0 Å². The summed E-state index contributed by atoms with van der Waals surface area (Å²) in [5.74, 6) is 0.402. The Morgan fingerprint density at radius 3 is 2.86 bits per heavy atom. The van der Waals surface area contributed by atoms with Crippen LogP contribution in [0.25, 0.3) is 20.8 Å². The van der Waals surface area contributed by atoms with E-state index in [-0.39, 0.29) is 17.9 Å². The number of nitrogens with zero attached hydrogens (tertiary/aromatic N) is 1. The van der Waals surface area contributed by atoms with Gasteiger partial charge in [0.05, 0.1) is 22.3 Å². The van der Waals surface area contributed by atoms with Crippen molar-refractivity contribution in [1.82, 2.24) is 15.6 Å². The highest BCUT2D eigenvalue weighted by molar-refractivity contribution is 7.21. The second kappa shape index (κ2) is 7.83. The van der Waals surface area contributed by atoms with Gasteiger partial charge in [0, 0.05) is 13.3 Å². The van der Waals surface area contributed by atoms with Gasteiger partial charge in [-0.1, -0.05) is 18.2 Å². The molecule has 150 valence electrons. The molecule has 0 aliphatic carbocycles.